The summed E-state index contributed by atoms with van der Waals surface area (Å²) in [6.45, 7) is 2.11. The molecule has 0 aliphatic carbocycles. The number of para-hydroxylation sites is 2. The van der Waals surface area contributed by atoms with E-state index in [9.17, 15) is 0 Å². The highest BCUT2D eigenvalue weighted by atomic mass is 15.3. The van der Waals surface area contributed by atoms with Crippen molar-refractivity contribution >= 4 is 17.0 Å². The van der Waals surface area contributed by atoms with Gasteiger partial charge in [-0.25, -0.2) is 14.6 Å². The van der Waals surface area contributed by atoms with Crippen molar-refractivity contribution in [3.63, 3.8) is 0 Å². The van der Waals surface area contributed by atoms with Crippen molar-refractivity contribution < 1.29 is 0 Å². The van der Waals surface area contributed by atoms with Gasteiger partial charge in [0.05, 0.1) is 22.8 Å². The number of aromatic nitrogens is 5. The molecule has 1 unspecified atom stereocenters. The van der Waals surface area contributed by atoms with Gasteiger partial charge in [0, 0.05) is 0 Å². The van der Waals surface area contributed by atoms with Crippen molar-refractivity contribution in [3.05, 3.63) is 66.7 Å². The molecule has 0 radical (unpaired) electrons. The number of rotatable bonds is 4. The van der Waals surface area contributed by atoms with Gasteiger partial charge in [-0.3, -0.25) is 0 Å². The standard InChI is InChI=1S/C17H16N6/c1-12(20-17-21-15-4-2-3-5-16(15)22-17)13-6-8-14(9-7-13)23-11-18-10-19-23/h2-12H,1H3,(H2,20,21,22). The molecule has 4 aromatic rings. The van der Waals surface area contributed by atoms with Crippen LogP contribution >= 0.6 is 0 Å². The largest absolute Gasteiger partial charge is 0.349 e. The van der Waals surface area contributed by atoms with Crippen LogP contribution in [0, 0.1) is 0 Å². The van der Waals surface area contributed by atoms with Crippen LogP contribution in [0.4, 0.5) is 5.95 Å². The Morgan fingerprint density at radius 3 is 2.65 bits per heavy atom. The molecule has 6 nitrogen and oxygen atoms in total. The van der Waals surface area contributed by atoms with Crippen LogP contribution in [0.1, 0.15) is 18.5 Å². The predicted molar refractivity (Wildman–Crippen MR) is 89.5 cm³/mol. The van der Waals surface area contributed by atoms with Crippen molar-refractivity contribution in [3.8, 4) is 5.69 Å². The number of nitrogens with one attached hydrogen (secondary N) is 2. The van der Waals surface area contributed by atoms with E-state index in [4.69, 9.17) is 0 Å². The summed E-state index contributed by atoms with van der Waals surface area (Å²) in [5, 5.41) is 7.53. The van der Waals surface area contributed by atoms with Gasteiger partial charge in [-0.1, -0.05) is 24.3 Å². The molecule has 4 rings (SSSR count). The number of nitrogens with zero attached hydrogens (tertiary/aromatic N) is 4. The fourth-order valence-corrected chi connectivity index (χ4v) is 2.57. The molecule has 6 heteroatoms. The molecule has 2 N–H and O–H groups in total. The molecule has 1 atom stereocenters. The zero-order valence-corrected chi connectivity index (χ0v) is 12.6. The van der Waals surface area contributed by atoms with E-state index >= 15 is 0 Å². The van der Waals surface area contributed by atoms with Gasteiger partial charge >= 0.3 is 0 Å². The first-order chi connectivity index (χ1) is 11.3. The Morgan fingerprint density at radius 2 is 1.91 bits per heavy atom. The Morgan fingerprint density at radius 1 is 1.09 bits per heavy atom. The Bertz CT molecular complexity index is 875. The lowest BCUT2D eigenvalue weighted by atomic mass is 10.1. The maximum atomic E-state index is 4.55. The average molecular weight is 304 g/mol. The molecule has 0 aliphatic rings. The average Bonchev–Trinajstić information content (AvgIpc) is 3.24. The zero-order chi connectivity index (χ0) is 15.6. The van der Waals surface area contributed by atoms with Crippen molar-refractivity contribution in [1.82, 2.24) is 24.7 Å². The molecule has 0 saturated carbocycles. The lowest BCUT2D eigenvalue weighted by molar-refractivity contribution is 0.855. The van der Waals surface area contributed by atoms with E-state index in [0.29, 0.717) is 0 Å². The van der Waals surface area contributed by atoms with E-state index < -0.39 is 0 Å². The van der Waals surface area contributed by atoms with Crippen LogP contribution in [-0.4, -0.2) is 24.7 Å². The lowest BCUT2D eigenvalue weighted by Gasteiger charge is -2.13. The summed E-state index contributed by atoms with van der Waals surface area (Å²) in [4.78, 5) is 11.8. The maximum Gasteiger partial charge on any atom is 0.201 e. The molecule has 2 heterocycles. The van der Waals surface area contributed by atoms with Gasteiger partial charge < -0.3 is 10.3 Å². The molecule has 0 bridgehead atoms. The van der Waals surface area contributed by atoms with Crippen molar-refractivity contribution in [1.29, 1.82) is 0 Å². The summed E-state index contributed by atoms with van der Waals surface area (Å²) >= 11 is 0. The van der Waals surface area contributed by atoms with Crippen LogP contribution < -0.4 is 5.32 Å². The molecule has 0 amide bonds. The summed E-state index contributed by atoms with van der Waals surface area (Å²) < 4.78 is 1.74. The number of imidazole rings is 1. The van der Waals surface area contributed by atoms with Gasteiger partial charge in [0.1, 0.15) is 12.7 Å². The van der Waals surface area contributed by atoms with Gasteiger partial charge in [0.2, 0.25) is 5.95 Å². The minimum absolute atomic E-state index is 0.139. The van der Waals surface area contributed by atoms with Crippen molar-refractivity contribution in [2.45, 2.75) is 13.0 Å². The second-order valence-electron chi connectivity index (χ2n) is 5.40. The molecule has 2 aromatic carbocycles. The van der Waals surface area contributed by atoms with Gasteiger partial charge in [-0.15, -0.1) is 0 Å². The van der Waals surface area contributed by atoms with E-state index in [-0.39, 0.29) is 6.04 Å². The van der Waals surface area contributed by atoms with Crippen molar-refractivity contribution in [2.24, 2.45) is 0 Å². The summed E-state index contributed by atoms with van der Waals surface area (Å²) in [7, 11) is 0. The second-order valence-corrected chi connectivity index (χ2v) is 5.40. The third-order valence-electron chi connectivity index (χ3n) is 3.82. The number of hydrogen-bond donors (Lipinski definition) is 2. The molecule has 0 saturated heterocycles. The first kappa shape index (κ1) is 13.5. The third-order valence-corrected chi connectivity index (χ3v) is 3.82. The van der Waals surface area contributed by atoms with E-state index in [2.05, 4.69) is 44.4 Å². The highest BCUT2D eigenvalue weighted by Gasteiger charge is 2.09. The van der Waals surface area contributed by atoms with Crippen LogP contribution in [0.3, 0.4) is 0 Å². The van der Waals surface area contributed by atoms with Crippen molar-refractivity contribution in [2.75, 3.05) is 5.32 Å². The second kappa shape index (κ2) is 5.57. The lowest BCUT2D eigenvalue weighted by Crippen LogP contribution is -2.08. The fourth-order valence-electron chi connectivity index (χ4n) is 2.57. The summed E-state index contributed by atoms with van der Waals surface area (Å²) in [6.07, 6.45) is 3.21. The molecule has 0 fully saturated rings. The van der Waals surface area contributed by atoms with E-state index in [0.717, 1.165) is 22.7 Å². The topological polar surface area (TPSA) is 71.4 Å². The van der Waals surface area contributed by atoms with E-state index in [1.165, 1.54) is 11.9 Å². The Balaban J connectivity index is 1.53. The Labute approximate surface area is 133 Å². The minimum atomic E-state index is 0.139. The van der Waals surface area contributed by atoms with Gasteiger partial charge in [0.25, 0.3) is 0 Å². The summed E-state index contributed by atoms with van der Waals surface area (Å²) in [6, 6.07) is 16.4. The highest BCUT2D eigenvalue weighted by molar-refractivity contribution is 5.77. The minimum Gasteiger partial charge on any atom is -0.349 e. The third kappa shape index (κ3) is 2.66. The van der Waals surface area contributed by atoms with Gasteiger partial charge in [-0.2, -0.15) is 5.10 Å². The molecular weight excluding hydrogens is 288 g/mol. The van der Waals surface area contributed by atoms with Gasteiger partial charge in [0.15, 0.2) is 0 Å². The molecule has 114 valence electrons. The smallest absolute Gasteiger partial charge is 0.201 e. The number of fused-ring (bicyclic) bond motifs is 1. The number of H-pyrrole nitrogens is 1. The normalized spacial score (nSPS) is 12.4. The highest BCUT2D eigenvalue weighted by Crippen LogP contribution is 2.21. The van der Waals surface area contributed by atoms with Crippen LogP contribution in [0.5, 0.6) is 0 Å². The van der Waals surface area contributed by atoms with Crippen LogP contribution in [0.25, 0.3) is 16.7 Å². The van der Waals surface area contributed by atoms with E-state index in [1.54, 1.807) is 11.0 Å². The van der Waals surface area contributed by atoms with E-state index in [1.807, 2.05) is 36.4 Å². The Kier molecular flexibility index (Phi) is 3.27. The molecule has 2 aromatic heterocycles. The molecule has 0 spiro atoms. The number of benzene rings is 2. The molecule has 0 aliphatic heterocycles. The first-order valence-corrected chi connectivity index (χ1v) is 7.46. The van der Waals surface area contributed by atoms with Crippen LogP contribution in [-0.2, 0) is 0 Å². The Hall–Kier alpha value is -3.15. The SMILES string of the molecule is CC(Nc1nc2ccccc2[nH]1)c1ccc(-n2cncn2)cc1. The molecule has 23 heavy (non-hydrogen) atoms. The number of aromatic amines is 1. The first-order valence-electron chi connectivity index (χ1n) is 7.46. The quantitative estimate of drug-likeness (QED) is 0.607. The molecular formula is C17H16N6. The van der Waals surface area contributed by atoms with Gasteiger partial charge in [-0.05, 0) is 36.8 Å². The summed E-state index contributed by atoms with van der Waals surface area (Å²) in [5.74, 6) is 0.777. The monoisotopic (exact) mass is 304 g/mol. The number of hydrogen-bond acceptors (Lipinski definition) is 4. The summed E-state index contributed by atoms with van der Waals surface area (Å²) in [5.41, 5.74) is 4.16. The maximum absolute atomic E-state index is 4.55. The fraction of sp³-hybridized carbons (Fsp3) is 0.118. The predicted octanol–water partition coefficient (Wildman–Crippen LogP) is 3.32. The van der Waals surface area contributed by atoms with Crippen LogP contribution in [0.15, 0.2) is 61.2 Å². The number of anilines is 1. The van der Waals surface area contributed by atoms with Crippen LogP contribution in [0.2, 0.25) is 0 Å². The zero-order valence-electron chi connectivity index (χ0n) is 12.6.